The van der Waals surface area contributed by atoms with E-state index < -0.39 is 46.5 Å². The molecule has 0 radical (unpaired) electrons. The van der Waals surface area contributed by atoms with Crippen LogP contribution in [-0.4, -0.2) is 50.0 Å². The lowest BCUT2D eigenvalue weighted by molar-refractivity contribution is -0.160. The number of carbonyl (C=O) groups is 3. The summed E-state index contributed by atoms with van der Waals surface area (Å²) in [5.74, 6) is -3.04. The van der Waals surface area contributed by atoms with Crippen molar-refractivity contribution < 1.29 is 33.7 Å². The molecule has 0 aromatic carbocycles. The molecule has 4 atom stereocenters. The van der Waals surface area contributed by atoms with Gasteiger partial charge in [-0.05, 0) is 39.0 Å². The van der Waals surface area contributed by atoms with Gasteiger partial charge in [-0.2, -0.15) is 0 Å². The maximum atomic E-state index is 13.2. The predicted octanol–water partition coefficient (Wildman–Crippen LogP) is 5.27. The number of esters is 3. The highest BCUT2D eigenvalue weighted by atomic mass is 35.5. The number of halogens is 2. The van der Waals surface area contributed by atoms with Crippen LogP contribution in [0, 0.1) is 11.8 Å². The number of aromatic nitrogens is 2. The number of carbonyl (C=O) groups excluding carboxylic acids is 3. The van der Waals surface area contributed by atoms with Gasteiger partial charge in [0.1, 0.15) is 33.2 Å². The monoisotopic (exact) mass is 578 g/mol. The van der Waals surface area contributed by atoms with Gasteiger partial charge in [-0.3, -0.25) is 4.79 Å². The number of fused-ring (bicyclic) bond motifs is 4. The average Bonchev–Trinajstić information content (AvgIpc) is 3.48. The molecule has 2 aromatic rings. The Balaban J connectivity index is 1.93. The molecule has 0 spiro atoms. The predicted molar refractivity (Wildman–Crippen MR) is 135 cm³/mol. The van der Waals surface area contributed by atoms with Crippen molar-refractivity contribution in [3.8, 4) is 0 Å². The Kier molecular flexibility index (Phi) is 9.73. The summed E-state index contributed by atoms with van der Waals surface area (Å²) in [7, 11) is 0. The largest absolute Gasteiger partial charge is 0.458 e. The second-order valence-corrected chi connectivity index (χ2v) is 12.7. The number of hydrogen-bond acceptors (Lipinski definition) is 11. The first-order valence-electron chi connectivity index (χ1n) is 11.4. The van der Waals surface area contributed by atoms with E-state index >= 15 is 0 Å². The number of ether oxygens (including phenoxy) is 3. The highest BCUT2D eigenvalue weighted by molar-refractivity contribution is 7.10. The Morgan fingerprint density at radius 2 is 1.69 bits per heavy atom. The van der Waals surface area contributed by atoms with E-state index in [0.29, 0.717) is 24.3 Å². The number of nitrogens with zero attached hydrogens (tertiary/aromatic N) is 2. The third-order valence-electron chi connectivity index (χ3n) is 5.50. The number of rotatable bonds is 5. The van der Waals surface area contributed by atoms with Gasteiger partial charge in [-0.15, -0.1) is 45.9 Å². The first kappa shape index (κ1) is 28.8. The lowest BCUT2D eigenvalue weighted by Gasteiger charge is -2.26. The number of hydrogen-bond donors (Lipinski definition) is 1. The molecule has 3 rings (SSSR count). The van der Waals surface area contributed by atoms with Crippen molar-refractivity contribution in [1.29, 1.82) is 0 Å². The summed E-state index contributed by atoms with van der Waals surface area (Å²) < 4.78 is 15.7. The van der Waals surface area contributed by atoms with E-state index in [4.69, 9.17) is 37.4 Å². The highest BCUT2D eigenvalue weighted by Gasteiger charge is 2.34. The van der Waals surface area contributed by atoms with Gasteiger partial charge in [0, 0.05) is 10.8 Å². The van der Waals surface area contributed by atoms with E-state index in [1.54, 1.807) is 13.8 Å². The zero-order valence-corrected chi connectivity index (χ0v) is 23.4. The zero-order chi connectivity index (χ0) is 26.6. The van der Waals surface area contributed by atoms with Gasteiger partial charge >= 0.3 is 17.9 Å². The molecule has 36 heavy (non-hydrogen) atoms. The van der Waals surface area contributed by atoms with Gasteiger partial charge in [0.2, 0.25) is 0 Å². The molecule has 13 heteroatoms. The van der Waals surface area contributed by atoms with Crippen molar-refractivity contribution in [3.05, 3.63) is 32.2 Å². The Bertz CT molecular complexity index is 1080. The van der Waals surface area contributed by atoms with E-state index in [9.17, 15) is 19.5 Å². The molecule has 198 valence electrons. The topological polar surface area (TPSA) is 125 Å². The normalized spacial score (nSPS) is 24.2. The number of cyclic esters (lactones) is 3. The third-order valence-corrected chi connectivity index (χ3v) is 7.73. The number of aliphatic hydroxyl groups is 1. The summed E-state index contributed by atoms with van der Waals surface area (Å²) >= 11 is 14.4. The molecule has 0 amide bonds. The van der Waals surface area contributed by atoms with Gasteiger partial charge in [0.05, 0.1) is 5.92 Å². The molecular weight excluding hydrogens is 551 g/mol. The minimum Gasteiger partial charge on any atom is -0.458 e. The fourth-order valence-corrected chi connectivity index (χ4v) is 5.44. The molecule has 4 bridgehead atoms. The SMILES string of the molecule is CC(C)[C@@H]1OC(=O)[C@@H](C)[C@H](CCCC(C)(Cl)Cl)OC(=O)c2csc(n2)[C@H](O)COC(=O)c2csc1n2. The van der Waals surface area contributed by atoms with Gasteiger partial charge in [-0.1, -0.05) is 13.8 Å². The Morgan fingerprint density at radius 3 is 2.33 bits per heavy atom. The summed E-state index contributed by atoms with van der Waals surface area (Å²) in [5, 5.41) is 14.0. The molecular formula is C23H28Cl2N2O7S2. The summed E-state index contributed by atoms with van der Waals surface area (Å²) in [6.07, 6.45) is -1.57. The molecule has 1 aliphatic rings. The smallest absolute Gasteiger partial charge is 0.358 e. The molecule has 3 heterocycles. The van der Waals surface area contributed by atoms with Gasteiger partial charge in [0.15, 0.2) is 17.5 Å². The van der Waals surface area contributed by atoms with Gasteiger partial charge in [-0.25, -0.2) is 19.6 Å². The summed E-state index contributed by atoms with van der Waals surface area (Å²) in [6.45, 7) is 6.63. The lowest BCUT2D eigenvalue weighted by Crippen LogP contribution is -2.33. The molecule has 1 N–H and O–H groups in total. The van der Waals surface area contributed by atoms with Crippen LogP contribution >= 0.6 is 45.9 Å². The summed E-state index contributed by atoms with van der Waals surface area (Å²) in [4.78, 5) is 46.9. The summed E-state index contributed by atoms with van der Waals surface area (Å²) in [5.41, 5.74) is 0.0150. The van der Waals surface area contributed by atoms with Gasteiger partial charge in [0.25, 0.3) is 0 Å². The van der Waals surface area contributed by atoms with E-state index in [0.717, 1.165) is 22.7 Å². The van der Waals surface area contributed by atoms with Crippen molar-refractivity contribution in [1.82, 2.24) is 9.97 Å². The number of thiazole rings is 2. The molecule has 0 aliphatic carbocycles. The summed E-state index contributed by atoms with van der Waals surface area (Å²) in [6, 6.07) is 0. The molecule has 0 saturated heterocycles. The van der Waals surface area contributed by atoms with Crippen LogP contribution in [0.15, 0.2) is 10.8 Å². The molecule has 9 nitrogen and oxygen atoms in total. The van der Waals surface area contributed by atoms with Crippen molar-refractivity contribution >= 4 is 63.8 Å². The molecule has 0 fully saturated rings. The fraction of sp³-hybridized carbons (Fsp3) is 0.609. The standard InChI is InChI=1S/C23H28Cl2N2O7S2/c1-11(2)17-19-27-13(9-36-19)21(30)32-8-15(28)18-26-14(10-35-18)22(31)33-16(12(3)20(29)34-17)6-5-7-23(4,24)25/h9-12,15-17,28H,5-8H2,1-4H3/t12-,15+,16-,17-/m0/s1. The third kappa shape index (κ3) is 7.61. The molecule has 1 aliphatic heterocycles. The fourth-order valence-electron chi connectivity index (χ4n) is 3.42. The maximum absolute atomic E-state index is 13.2. The minimum absolute atomic E-state index is 0.0291. The zero-order valence-electron chi connectivity index (χ0n) is 20.2. The number of aliphatic hydroxyl groups excluding tert-OH is 1. The van der Waals surface area contributed by atoms with Crippen LogP contribution in [-0.2, 0) is 19.0 Å². The Labute approximate surface area is 227 Å². The quantitative estimate of drug-likeness (QED) is 0.287. The van der Waals surface area contributed by atoms with Crippen LogP contribution in [0.2, 0.25) is 0 Å². The van der Waals surface area contributed by atoms with Crippen LogP contribution in [0.4, 0.5) is 0 Å². The first-order chi connectivity index (χ1) is 16.9. The highest BCUT2D eigenvalue weighted by Crippen LogP contribution is 2.32. The Morgan fingerprint density at radius 1 is 1.08 bits per heavy atom. The van der Waals surface area contributed by atoms with Crippen LogP contribution < -0.4 is 0 Å². The van der Waals surface area contributed by atoms with E-state index in [2.05, 4.69) is 9.97 Å². The Hall–Kier alpha value is -1.79. The minimum atomic E-state index is -1.23. The number of alkyl halides is 2. The van der Waals surface area contributed by atoms with Crippen LogP contribution in [0.3, 0.4) is 0 Å². The van der Waals surface area contributed by atoms with Crippen molar-refractivity contribution in [2.45, 2.75) is 69.6 Å². The van der Waals surface area contributed by atoms with E-state index in [1.807, 2.05) is 13.8 Å². The van der Waals surface area contributed by atoms with Crippen molar-refractivity contribution in [2.75, 3.05) is 6.61 Å². The first-order valence-corrected chi connectivity index (χ1v) is 13.9. The second-order valence-electron chi connectivity index (χ2n) is 9.05. The van der Waals surface area contributed by atoms with E-state index in [-0.39, 0.29) is 28.9 Å². The van der Waals surface area contributed by atoms with Crippen molar-refractivity contribution in [3.63, 3.8) is 0 Å². The maximum Gasteiger partial charge on any atom is 0.358 e. The van der Waals surface area contributed by atoms with Gasteiger partial charge < -0.3 is 19.3 Å². The molecule has 2 aromatic heterocycles. The molecule has 0 saturated carbocycles. The molecule has 0 unspecified atom stereocenters. The second kappa shape index (κ2) is 12.2. The van der Waals surface area contributed by atoms with Crippen LogP contribution in [0.25, 0.3) is 0 Å². The van der Waals surface area contributed by atoms with Crippen LogP contribution in [0.5, 0.6) is 0 Å². The van der Waals surface area contributed by atoms with E-state index in [1.165, 1.54) is 10.8 Å². The average molecular weight is 580 g/mol. The van der Waals surface area contributed by atoms with Crippen LogP contribution in [0.1, 0.15) is 90.2 Å². The lowest BCUT2D eigenvalue weighted by atomic mass is 9.98. The van der Waals surface area contributed by atoms with Crippen molar-refractivity contribution in [2.24, 2.45) is 11.8 Å².